The fraction of sp³-hybridized carbons (Fsp3) is 0.500. The fourth-order valence-corrected chi connectivity index (χ4v) is 2.54. The van der Waals surface area contributed by atoms with Crippen LogP contribution >= 0.6 is 0 Å². The average molecular weight is 232 g/mol. The maximum atomic E-state index is 12.1. The summed E-state index contributed by atoms with van der Waals surface area (Å²) in [6.07, 6.45) is 3.18. The number of nitrogens with two attached hydrogens (primary N) is 1. The standard InChI is InChI=1S/C14H20N2O/c1-10-5-7-12(8-6-10)16-14(17)13-4-2-3-11(13)9-15/h5-8,11,13H,2-4,9,15H2,1H3,(H,16,17). The molecule has 0 bridgehead atoms. The molecule has 0 heterocycles. The molecule has 17 heavy (non-hydrogen) atoms. The lowest BCUT2D eigenvalue weighted by atomic mass is 9.95. The molecule has 3 N–H and O–H groups in total. The molecule has 1 amide bonds. The van der Waals surface area contributed by atoms with Crippen molar-refractivity contribution >= 4 is 11.6 Å². The molecule has 2 unspecified atom stereocenters. The van der Waals surface area contributed by atoms with Crippen molar-refractivity contribution in [1.82, 2.24) is 0 Å². The highest BCUT2D eigenvalue weighted by Crippen LogP contribution is 2.31. The molecule has 2 atom stereocenters. The summed E-state index contributed by atoms with van der Waals surface area (Å²) in [5, 5.41) is 2.98. The van der Waals surface area contributed by atoms with Crippen molar-refractivity contribution in [2.24, 2.45) is 17.6 Å². The van der Waals surface area contributed by atoms with Crippen molar-refractivity contribution in [1.29, 1.82) is 0 Å². The Labute approximate surface area is 102 Å². The van der Waals surface area contributed by atoms with Crippen LogP contribution in [0, 0.1) is 18.8 Å². The molecule has 1 aromatic rings. The molecular formula is C14H20N2O. The zero-order chi connectivity index (χ0) is 12.3. The minimum Gasteiger partial charge on any atom is -0.330 e. The van der Waals surface area contributed by atoms with Gasteiger partial charge in [-0.3, -0.25) is 4.79 Å². The van der Waals surface area contributed by atoms with Gasteiger partial charge >= 0.3 is 0 Å². The van der Waals surface area contributed by atoms with Crippen LogP contribution in [0.3, 0.4) is 0 Å². The van der Waals surface area contributed by atoms with Crippen molar-refractivity contribution in [2.45, 2.75) is 26.2 Å². The van der Waals surface area contributed by atoms with Crippen LogP contribution in [0.5, 0.6) is 0 Å². The number of carbonyl (C=O) groups excluding carboxylic acids is 1. The zero-order valence-corrected chi connectivity index (χ0v) is 10.3. The third-order valence-corrected chi connectivity index (χ3v) is 3.62. The van der Waals surface area contributed by atoms with E-state index in [1.807, 2.05) is 31.2 Å². The molecule has 1 aromatic carbocycles. The van der Waals surface area contributed by atoms with Gasteiger partial charge in [0.1, 0.15) is 0 Å². The van der Waals surface area contributed by atoms with E-state index in [1.54, 1.807) is 0 Å². The topological polar surface area (TPSA) is 55.1 Å². The summed E-state index contributed by atoms with van der Waals surface area (Å²) in [5.74, 6) is 0.587. The van der Waals surface area contributed by atoms with E-state index < -0.39 is 0 Å². The molecule has 1 saturated carbocycles. The van der Waals surface area contributed by atoms with E-state index in [0.29, 0.717) is 12.5 Å². The van der Waals surface area contributed by atoms with Gasteiger partial charge in [-0.25, -0.2) is 0 Å². The van der Waals surface area contributed by atoms with Gasteiger partial charge in [0.25, 0.3) is 0 Å². The zero-order valence-electron chi connectivity index (χ0n) is 10.3. The second kappa shape index (κ2) is 5.32. The van der Waals surface area contributed by atoms with Gasteiger partial charge in [-0.15, -0.1) is 0 Å². The summed E-state index contributed by atoms with van der Waals surface area (Å²) in [6, 6.07) is 7.90. The van der Waals surface area contributed by atoms with Gasteiger partial charge in [0, 0.05) is 11.6 Å². The summed E-state index contributed by atoms with van der Waals surface area (Å²) >= 11 is 0. The molecule has 1 aliphatic carbocycles. The molecule has 0 radical (unpaired) electrons. The van der Waals surface area contributed by atoms with Crippen LogP contribution in [-0.4, -0.2) is 12.5 Å². The fourth-order valence-electron chi connectivity index (χ4n) is 2.54. The molecule has 2 rings (SSSR count). The Hall–Kier alpha value is -1.35. The minimum atomic E-state index is 0.0984. The summed E-state index contributed by atoms with van der Waals surface area (Å²) < 4.78 is 0. The summed E-state index contributed by atoms with van der Waals surface area (Å²) in [6.45, 7) is 2.65. The Balaban J connectivity index is 1.99. The van der Waals surface area contributed by atoms with Gasteiger partial charge in [0.2, 0.25) is 5.91 Å². The van der Waals surface area contributed by atoms with E-state index in [4.69, 9.17) is 5.73 Å². The van der Waals surface area contributed by atoms with Gasteiger partial charge in [0.05, 0.1) is 0 Å². The number of amides is 1. The Bertz CT molecular complexity index is 386. The van der Waals surface area contributed by atoms with Gasteiger partial charge in [-0.2, -0.15) is 0 Å². The van der Waals surface area contributed by atoms with Gasteiger partial charge in [-0.05, 0) is 44.4 Å². The van der Waals surface area contributed by atoms with E-state index >= 15 is 0 Å². The Morgan fingerprint density at radius 1 is 1.35 bits per heavy atom. The van der Waals surface area contributed by atoms with Crippen molar-refractivity contribution in [3.05, 3.63) is 29.8 Å². The van der Waals surface area contributed by atoms with E-state index in [9.17, 15) is 4.79 Å². The van der Waals surface area contributed by atoms with Crippen LogP contribution in [0.15, 0.2) is 24.3 Å². The highest BCUT2D eigenvalue weighted by atomic mass is 16.1. The van der Waals surface area contributed by atoms with Crippen LogP contribution in [0.1, 0.15) is 24.8 Å². The van der Waals surface area contributed by atoms with Gasteiger partial charge in [-0.1, -0.05) is 24.1 Å². The number of aryl methyl sites for hydroxylation is 1. The molecule has 0 aliphatic heterocycles. The van der Waals surface area contributed by atoms with Gasteiger partial charge in [0.15, 0.2) is 0 Å². The smallest absolute Gasteiger partial charge is 0.227 e. The highest BCUT2D eigenvalue weighted by Gasteiger charge is 2.31. The minimum absolute atomic E-state index is 0.0984. The molecular weight excluding hydrogens is 212 g/mol. The third-order valence-electron chi connectivity index (χ3n) is 3.62. The van der Waals surface area contributed by atoms with Crippen LogP contribution < -0.4 is 11.1 Å². The third kappa shape index (κ3) is 2.86. The Morgan fingerprint density at radius 3 is 2.71 bits per heavy atom. The molecule has 3 heteroatoms. The Kier molecular flexibility index (Phi) is 3.79. The summed E-state index contributed by atoms with van der Waals surface area (Å²) in [4.78, 5) is 12.1. The number of nitrogens with one attached hydrogen (secondary N) is 1. The van der Waals surface area contributed by atoms with Crippen LogP contribution in [0.4, 0.5) is 5.69 Å². The number of hydrogen-bond acceptors (Lipinski definition) is 2. The first-order valence-corrected chi connectivity index (χ1v) is 6.28. The molecule has 1 fully saturated rings. The van der Waals surface area contributed by atoms with Crippen molar-refractivity contribution in [2.75, 3.05) is 11.9 Å². The van der Waals surface area contributed by atoms with E-state index in [2.05, 4.69) is 5.32 Å². The number of rotatable bonds is 3. The quantitative estimate of drug-likeness (QED) is 0.840. The van der Waals surface area contributed by atoms with Crippen molar-refractivity contribution in [3.8, 4) is 0 Å². The second-order valence-electron chi connectivity index (χ2n) is 4.89. The largest absolute Gasteiger partial charge is 0.330 e. The first-order valence-electron chi connectivity index (χ1n) is 6.28. The maximum absolute atomic E-state index is 12.1. The van der Waals surface area contributed by atoms with E-state index in [-0.39, 0.29) is 11.8 Å². The monoisotopic (exact) mass is 232 g/mol. The predicted molar refractivity (Wildman–Crippen MR) is 69.7 cm³/mol. The molecule has 0 spiro atoms. The van der Waals surface area contributed by atoms with Crippen molar-refractivity contribution in [3.63, 3.8) is 0 Å². The van der Waals surface area contributed by atoms with E-state index in [1.165, 1.54) is 5.56 Å². The summed E-state index contributed by atoms with van der Waals surface area (Å²) in [5.41, 5.74) is 7.77. The normalized spacial score (nSPS) is 23.6. The molecule has 1 aliphatic rings. The highest BCUT2D eigenvalue weighted by molar-refractivity contribution is 5.92. The summed E-state index contributed by atoms with van der Waals surface area (Å²) in [7, 11) is 0. The number of benzene rings is 1. The maximum Gasteiger partial charge on any atom is 0.227 e. The van der Waals surface area contributed by atoms with Crippen LogP contribution in [0.2, 0.25) is 0 Å². The lowest BCUT2D eigenvalue weighted by molar-refractivity contribution is -0.120. The first-order chi connectivity index (χ1) is 8.20. The van der Waals surface area contributed by atoms with Gasteiger partial charge < -0.3 is 11.1 Å². The molecule has 3 nitrogen and oxygen atoms in total. The first kappa shape index (κ1) is 12.1. The predicted octanol–water partition coefficient (Wildman–Crippen LogP) is 2.31. The Morgan fingerprint density at radius 2 is 2.06 bits per heavy atom. The van der Waals surface area contributed by atoms with Crippen LogP contribution in [0.25, 0.3) is 0 Å². The lowest BCUT2D eigenvalue weighted by Gasteiger charge is -2.17. The number of carbonyl (C=O) groups is 1. The molecule has 92 valence electrons. The molecule has 0 saturated heterocycles. The van der Waals surface area contributed by atoms with Crippen LogP contribution in [-0.2, 0) is 4.79 Å². The second-order valence-corrected chi connectivity index (χ2v) is 4.89. The lowest BCUT2D eigenvalue weighted by Crippen LogP contribution is -2.29. The average Bonchev–Trinajstić information content (AvgIpc) is 2.80. The van der Waals surface area contributed by atoms with Crippen molar-refractivity contribution < 1.29 is 4.79 Å². The molecule has 0 aromatic heterocycles. The van der Waals surface area contributed by atoms with E-state index in [0.717, 1.165) is 24.9 Å². The number of anilines is 1. The number of hydrogen-bond donors (Lipinski definition) is 2. The SMILES string of the molecule is Cc1ccc(NC(=O)C2CCCC2CN)cc1.